The Bertz CT molecular complexity index is 1010. The van der Waals surface area contributed by atoms with E-state index in [4.69, 9.17) is 0 Å². The maximum absolute atomic E-state index is 13.0. The number of imidazole rings is 1. The molecule has 3 aromatic rings. The molecule has 1 aliphatic heterocycles. The molecule has 0 atom stereocenters. The molecule has 1 fully saturated rings. The molecule has 5 heteroatoms. The van der Waals surface area contributed by atoms with Crippen LogP contribution >= 0.6 is 0 Å². The molecule has 0 saturated heterocycles. The second-order valence-electron chi connectivity index (χ2n) is 8.99. The highest BCUT2D eigenvalue weighted by atomic mass is 16.1. The molecule has 2 aliphatic rings. The average molecular weight is 403 g/mol. The number of rotatable bonds is 6. The van der Waals surface area contributed by atoms with Gasteiger partial charge in [-0.05, 0) is 49.8 Å². The maximum atomic E-state index is 13.0. The van der Waals surface area contributed by atoms with Crippen LogP contribution < -0.4 is 0 Å². The number of aromatic nitrogens is 3. The quantitative estimate of drug-likeness (QED) is 0.560. The Morgan fingerprint density at radius 3 is 2.73 bits per heavy atom. The van der Waals surface area contributed by atoms with Gasteiger partial charge in [0.1, 0.15) is 5.82 Å². The highest BCUT2D eigenvalue weighted by molar-refractivity contribution is 6.07. The maximum Gasteiger partial charge on any atom is 0.163 e. The predicted octanol–water partition coefficient (Wildman–Crippen LogP) is 4.72. The molecule has 0 spiro atoms. The van der Waals surface area contributed by atoms with Crippen molar-refractivity contribution in [1.29, 1.82) is 0 Å². The van der Waals surface area contributed by atoms with E-state index in [0.29, 0.717) is 12.3 Å². The van der Waals surface area contributed by atoms with E-state index in [9.17, 15) is 4.79 Å². The molecule has 30 heavy (non-hydrogen) atoms. The summed E-state index contributed by atoms with van der Waals surface area (Å²) in [6, 6.07) is 9.82. The third-order valence-corrected chi connectivity index (χ3v) is 7.06. The molecule has 0 bridgehead atoms. The average Bonchev–Trinajstić information content (AvgIpc) is 3.26. The largest absolute Gasteiger partial charge is 0.333 e. The summed E-state index contributed by atoms with van der Waals surface area (Å²) in [5, 5.41) is 0.987. The summed E-state index contributed by atoms with van der Waals surface area (Å²) in [5.74, 6) is 2.82. The third-order valence-electron chi connectivity index (χ3n) is 7.06. The fraction of sp³-hybridized carbons (Fsp3) is 0.480. The molecule has 1 aliphatic carbocycles. The molecule has 0 N–H and O–H groups in total. The van der Waals surface area contributed by atoms with Crippen LogP contribution in [0.2, 0.25) is 0 Å². The molecule has 1 saturated carbocycles. The molecule has 0 unspecified atom stereocenters. The Kier molecular flexibility index (Phi) is 5.63. The zero-order valence-electron chi connectivity index (χ0n) is 17.5. The fourth-order valence-corrected chi connectivity index (χ4v) is 5.22. The van der Waals surface area contributed by atoms with Gasteiger partial charge in [0.05, 0.1) is 12.1 Å². The van der Waals surface area contributed by atoms with Crippen molar-refractivity contribution in [3.8, 4) is 0 Å². The number of fused-ring (bicyclic) bond motifs is 2. The van der Waals surface area contributed by atoms with Crippen LogP contribution in [0.15, 0.2) is 48.9 Å². The lowest BCUT2D eigenvalue weighted by atomic mass is 9.78. The van der Waals surface area contributed by atoms with Gasteiger partial charge in [-0.1, -0.05) is 31.0 Å². The minimum Gasteiger partial charge on any atom is -0.333 e. The van der Waals surface area contributed by atoms with Gasteiger partial charge in [-0.2, -0.15) is 0 Å². The number of hydrogen-bond donors (Lipinski definition) is 0. The van der Waals surface area contributed by atoms with Crippen LogP contribution in [-0.2, 0) is 13.1 Å². The van der Waals surface area contributed by atoms with Gasteiger partial charge in [0.15, 0.2) is 5.78 Å². The number of benzene rings is 1. The molecule has 156 valence electrons. The van der Waals surface area contributed by atoms with Crippen molar-refractivity contribution in [3.63, 3.8) is 0 Å². The molecule has 2 aromatic heterocycles. The fourth-order valence-electron chi connectivity index (χ4n) is 5.22. The van der Waals surface area contributed by atoms with E-state index >= 15 is 0 Å². The summed E-state index contributed by atoms with van der Waals surface area (Å²) < 4.78 is 2.27. The van der Waals surface area contributed by atoms with Crippen LogP contribution in [0.3, 0.4) is 0 Å². The second kappa shape index (κ2) is 8.68. The minimum atomic E-state index is 0.279. The molecular formula is C25H30N4O. The van der Waals surface area contributed by atoms with Crippen molar-refractivity contribution in [2.24, 2.45) is 11.8 Å². The Morgan fingerprint density at radius 2 is 1.83 bits per heavy atom. The first-order valence-corrected chi connectivity index (χ1v) is 11.4. The number of pyridine rings is 1. The number of Topliss-reactive ketones (excluding diaryl/α,β-unsaturated/α-hetero) is 1. The topological polar surface area (TPSA) is 51.0 Å². The third kappa shape index (κ3) is 4.17. The van der Waals surface area contributed by atoms with Crippen LogP contribution in [0.5, 0.6) is 0 Å². The van der Waals surface area contributed by atoms with Gasteiger partial charge in [0.2, 0.25) is 0 Å². The molecular weight excluding hydrogens is 372 g/mol. The first-order valence-electron chi connectivity index (χ1n) is 11.4. The molecule has 1 aromatic carbocycles. The van der Waals surface area contributed by atoms with Crippen molar-refractivity contribution >= 4 is 16.7 Å². The van der Waals surface area contributed by atoms with E-state index in [1.54, 1.807) is 6.20 Å². The van der Waals surface area contributed by atoms with Gasteiger partial charge in [-0.25, -0.2) is 4.98 Å². The zero-order valence-corrected chi connectivity index (χ0v) is 17.5. The smallest absolute Gasteiger partial charge is 0.163 e. The summed E-state index contributed by atoms with van der Waals surface area (Å²) >= 11 is 0. The van der Waals surface area contributed by atoms with Crippen molar-refractivity contribution in [1.82, 2.24) is 19.4 Å². The van der Waals surface area contributed by atoms with Crippen molar-refractivity contribution in [2.75, 3.05) is 13.1 Å². The first kappa shape index (κ1) is 19.4. The van der Waals surface area contributed by atoms with Crippen LogP contribution in [-0.4, -0.2) is 38.3 Å². The monoisotopic (exact) mass is 402 g/mol. The number of carbonyl (C=O) groups is 1. The summed E-state index contributed by atoms with van der Waals surface area (Å²) in [6.07, 6.45) is 12.6. The Morgan fingerprint density at radius 1 is 0.967 bits per heavy atom. The van der Waals surface area contributed by atoms with Crippen LogP contribution in [0.1, 0.15) is 54.7 Å². The molecule has 5 nitrogen and oxygen atoms in total. The van der Waals surface area contributed by atoms with Crippen molar-refractivity contribution in [2.45, 2.75) is 51.6 Å². The molecule has 0 radical (unpaired) electrons. The lowest BCUT2D eigenvalue weighted by Gasteiger charge is -2.32. The molecule has 5 rings (SSSR count). The van der Waals surface area contributed by atoms with Gasteiger partial charge in [0, 0.05) is 49.1 Å². The van der Waals surface area contributed by atoms with E-state index in [1.807, 2.05) is 36.5 Å². The Labute approximate surface area is 178 Å². The Hall–Kier alpha value is -2.53. The lowest BCUT2D eigenvalue weighted by molar-refractivity contribution is 0.0941. The van der Waals surface area contributed by atoms with Gasteiger partial charge in [-0.3, -0.25) is 14.7 Å². The first-order chi connectivity index (χ1) is 14.8. The molecule has 0 amide bonds. The van der Waals surface area contributed by atoms with Gasteiger partial charge < -0.3 is 4.57 Å². The van der Waals surface area contributed by atoms with Crippen molar-refractivity contribution < 1.29 is 4.79 Å². The summed E-state index contributed by atoms with van der Waals surface area (Å²) in [6.45, 7) is 4.35. The summed E-state index contributed by atoms with van der Waals surface area (Å²) in [4.78, 5) is 24.4. The normalized spacial score (nSPS) is 22.1. The van der Waals surface area contributed by atoms with E-state index in [1.165, 1.54) is 44.5 Å². The van der Waals surface area contributed by atoms with Crippen molar-refractivity contribution in [3.05, 3.63) is 60.3 Å². The van der Waals surface area contributed by atoms with Crippen LogP contribution in [0.25, 0.3) is 10.9 Å². The van der Waals surface area contributed by atoms with Crippen LogP contribution in [0.4, 0.5) is 0 Å². The van der Waals surface area contributed by atoms with E-state index < -0.39 is 0 Å². The lowest BCUT2D eigenvalue weighted by Crippen LogP contribution is -2.35. The highest BCUT2D eigenvalue weighted by Gasteiger charge is 2.25. The number of hydrogen-bond acceptors (Lipinski definition) is 4. The SMILES string of the molecule is O=C(CC1CCC(CCN2CCn3ccnc3C2)CC1)c1cccc2ncccc12. The van der Waals surface area contributed by atoms with E-state index in [0.717, 1.165) is 42.0 Å². The zero-order chi connectivity index (χ0) is 20.3. The summed E-state index contributed by atoms with van der Waals surface area (Å²) in [7, 11) is 0. The number of ketones is 1. The number of nitrogens with zero attached hydrogens (tertiary/aromatic N) is 4. The summed E-state index contributed by atoms with van der Waals surface area (Å²) in [5.41, 5.74) is 1.75. The predicted molar refractivity (Wildman–Crippen MR) is 118 cm³/mol. The second-order valence-corrected chi connectivity index (χ2v) is 8.99. The number of carbonyl (C=O) groups excluding carboxylic acids is 1. The highest BCUT2D eigenvalue weighted by Crippen LogP contribution is 2.34. The van der Waals surface area contributed by atoms with E-state index in [-0.39, 0.29) is 5.78 Å². The standard InChI is InChI=1S/C25H30N4O/c30-24(22-3-1-5-23-21(22)4-2-11-26-23)17-20-8-6-19(7-9-20)10-13-28-15-16-29-14-12-27-25(29)18-28/h1-5,11-12,14,19-20H,6-10,13,15-18H2. The van der Waals surface area contributed by atoms with E-state index in [2.05, 4.69) is 25.6 Å². The minimum absolute atomic E-state index is 0.279. The van der Waals surface area contributed by atoms with Crippen LogP contribution in [0, 0.1) is 11.8 Å². The Balaban J connectivity index is 1.10. The van der Waals surface area contributed by atoms with Gasteiger partial charge >= 0.3 is 0 Å². The van der Waals surface area contributed by atoms with Gasteiger partial charge in [0.25, 0.3) is 0 Å². The molecule has 3 heterocycles. The van der Waals surface area contributed by atoms with Gasteiger partial charge in [-0.15, -0.1) is 0 Å².